The second kappa shape index (κ2) is 11.9. The van der Waals surface area contributed by atoms with Crippen LogP contribution in [0.15, 0.2) is 12.1 Å². The van der Waals surface area contributed by atoms with Crippen LogP contribution < -0.4 is 10.6 Å². The summed E-state index contributed by atoms with van der Waals surface area (Å²) < 4.78 is 89.9. The monoisotopic (exact) mass is 603 g/mol. The summed E-state index contributed by atoms with van der Waals surface area (Å²) in [6, 6.07) is -1.65. The Labute approximate surface area is 237 Å². The number of nitrogens with zero attached hydrogens (tertiary/aromatic N) is 3. The quantitative estimate of drug-likeness (QED) is 0.362. The van der Waals surface area contributed by atoms with Crippen molar-refractivity contribution in [3.63, 3.8) is 0 Å². The molecule has 1 saturated heterocycles. The number of likely N-dealkylation sites (tertiary alicyclic amines) is 1. The van der Waals surface area contributed by atoms with E-state index in [1.807, 2.05) is 0 Å². The van der Waals surface area contributed by atoms with Gasteiger partial charge in [0.15, 0.2) is 23.1 Å². The molecule has 2 unspecified atom stereocenters. The van der Waals surface area contributed by atoms with E-state index in [2.05, 4.69) is 15.6 Å². The summed E-state index contributed by atoms with van der Waals surface area (Å²) in [7, 11) is 0. The minimum atomic E-state index is -4.90. The number of rotatable bonds is 7. The standard InChI is InChI=1S/C27H31F6N5O4/c1-26(2,3)42-25(41)35-15(8-14-9-17(29)18(30)11-16(14)28)10-21(39)19-12-34-13-20-22(27(31,32)33)36-23(38(19)20)24(40)37-6-4-5-7-37/h9,11,15,19,34H,4-8,10,12-13H2,1-3H3,(H,35,41). The van der Waals surface area contributed by atoms with E-state index < -0.39 is 89.2 Å². The number of benzene rings is 1. The largest absolute Gasteiger partial charge is 0.444 e. The Morgan fingerprint density at radius 2 is 1.71 bits per heavy atom. The Morgan fingerprint density at radius 3 is 2.33 bits per heavy atom. The van der Waals surface area contributed by atoms with Crippen molar-refractivity contribution in [3.05, 3.63) is 52.4 Å². The van der Waals surface area contributed by atoms with Gasteiger partial charge in [0, 0.05) is 44.7 Å². The van der Waals surface area contributed by atoms with E-state index in [1.165, 1.54) is 4.90 Å². The smallest absolute Gasteiger partial charge is 0.435 e. The highest BCUT2D eigenvalue weighted by molar-refractivity contribution is 5.93. The molecule has 2 aliphatic rings. The van der Waals surface area contributed by atoms with Gasteiger partial charge >= 0.3 is 12.3 Å². The summed E-state index contributed by atoms with van der Waals surface area (Å²) in [4.78, 5) is 44.5. The Hall–Kier alpha value is -3.62. The first-order valence-corrected chi connectivity index (χ1v) is 13.4. The number of ketones is 1. The zero-order valence-corrected chi connectivity index (χ0v) is 23.2. The molecule has 0 aliphatic carbocycles. The van der Waals surface area contributed by atoms with E-state index in [9.17, 15) is 40.7 Å². The number of fused-ring (bicyclic) bond motifs is 1. The lowest BCUT2D eigenvalue weighted by molar-refractivity contribution is -0.142. The van der Waals surface area contributed by atoms with Gasteiger partial charge in [-0.1, -0.05) is 0 Å². The van der Waals surface area contributed by atoms with Crippen molar-refractivity contribution in [2.75, 3.05) is 19.6 Å². The van der Waals surface area contributed by atoms with Gasteiger partial charge in [-0.15, -0.1) is 0 Å². The molecule has 2 atom stereocenters. The number of carbonyl (C=O) groups excluding carboxylic acids is 3. The van der Waals surface area contributed by atoms with Crippen LogP contribution >= 0.6 is 0 Å². The molecule has 2 aromatic rings. The van der Waals surface area contributed by atoms with Gasteiger partial charge in [-0.25, -0.2) is 22.9 Å². The van der Waals surface area contributed by atoms with Gasteiger partial charge in [-0.2, -0.15) is 13.2 Å². The van der Waals surface area contributed by atoms with Gasteiger partial charge in [0.05, 0.1) is 5.69 Å². The lowest BCUT2D eigenvalue weighted by atomic mass is 9.96. The third kappa shape index (κ3) is 7.05. The van der Waals surface area contributed by atoms with Crippen molar-refractivity contribution in [1.82, 2.24) is 25.1 Å². The molecule has 9 nitrogen and oxygen atoms in total. The molecule has 0 radical (unpaired) electrons. The van der Waals surface area contributed by atoms with Crippen molar-refractivity contribution >= 4 is 17.8 Å². The second-order valence-corrected chi connectivity index (χ2v) is 11.3. The van der Waals surface area contributed by atoms with Crippen LogP contribution in [0.4, 0.5) is 31.1 Å². The van der Waals surface area contributed by atoms with E-state index in [4.69, 9.17) is 4.74 Å². The number of hydrogen-bond donors (Lipinski definition) is 2. The summed E-state index contributed by atoms with van der Waals surface area (Å²) in [5.41, 5.74) is -2.98. The molecule has 0 spiro atoms. The van der Waals surface area contributed by atoms with Crippen LogP contribution in [0.2, 0.25) is 0 Å². The zero-order valence-electron chi connectivity index (χ0n) is 23.2. The summed E-state index contributed by atoms with van der Waals surface area (Å²) in [5.74, 6) is -5.88. The maximum absolute atomic E-state index is 14.5. The van der Waals surface area contributed by atoms with Crippen LogP contribution in [-0.4, -0.2) is 63.5 Å². The summed E-state index contributed by atoms with van der Waals surface area (Å²) in [6.07, 6.45) is -5.59. The van der Waals surface area contributed by atoms with Crippen LogP contribution in [0.3, 0.4) is 0 Å². The Morgan fingerprint density at radius 1 is 1.07 bits per heavy atom. The number of ether oxygens (including phenoxy) is 1. The van der Waals surface area contributed by atoms with E-state index in [1.54, 1.807) is 20.8 Å². The number of Topliss-reactive ketones (excluding diaryl/α,β-unsaturated/α-hetero) is 1. The minimum absolute atomic E-state index is 0.154. The molecule has 42 heavy (non-hydrogen) atoms. The van der Waals surface area contributed by atoms with E-state index in [-0.39, 0.29) is 18.7 Å². The number of nitrogens with one attached hydrogen (secondary N) is 2. The molecule has 230 valence electrons. The minimum Gasteiger partial charge on any atom is -0.444 e. The van der Waals surface area contributed by atoms with Gasteiger partial charge in [-0.05, 0) is 51.7 Å². The molecule has 2 N–H and O–H groups in total. The fourth-order valence-electron chi connectivity index (χ4n) is 5.10. The second-order valence-electron chi connectivity index (χ2n) is 11.3. The zero-order chi connectivity index (χ0) is 31.0. The number of imidazole rings is 1. The molecule has 15 heteroatoms. The van der Waals surface area contributed by atoms with Gasteiger partial charge in [0.25, 0.3) is 5.91 Å². The topological polar surface area (TPSA) is 106 Å². The first-order chi connectivity index (χ1) is 19.5. The summed E-state index contributed by atoms with van der Waals surface area (Å²) in [5, 5.41) is 5.18. The number of aromatic nitrogens is 2. The molecule has 1 aromatic heterocycles. The summed E-state index contributed by atoms with van der Waals surface area (Å²) >= 11 is 0. The van der Waals surface area contributed by atoms with Gasteiger partial charge < -0.3 is 24.8 Å². The maximum Gasteiger partial charge on any atom is 0.435 e. The molecule has 1 aromatic carbocycles. The molecule has 0 saturated carbocycles. The average molecular weight is 604 g/mol. The highest BCUT2D eigenvalue weighted by Crippen LogP contribution is 2.36. The number of amides is 2. The van der Waals surface area contributed by atoms with Gasteiger partial charge in [0.2, 0.25) is 5.82 Å². The number of alkyl halides is 3. The van der Waals surface area contributed by atoms with Crippen molar-refractivity contribution in [2.45, 2.75) is 76.9 Å². The maximum atomic E-state index is 14.5. The molecule has 4 rings (SSSR count). The number of halogens is 6. The van der Waals surface area contributed by atoms with Crippen LogP contribution in [0.5, 0.6) is 0 Å². The number of carbonyl (C=O) groups is 3. The molecule has 1 fully saturated rings. The van der Waals surface area contributed by atoms with Crippen molar-refractivity contribution < 1.29 is 45.5 Å². The van der Waals surface area contributed by atoms with Crippen molar-refractivity contribution in [3.8, 4) is 0 Å². The fraction of sp³-hybridized carbons (Fsp3) is 0.556. The molecular weight excluding hydrogens is 572 g/mol. The van der Waals surface area contributed by atoms with Crippen LogP contribution in [0.25, 0.3) is 0 Å². The lowest BCUT2D eigenvalue weighted by Gasteiger charge is -2.30. The van der Waals surface area contributed by atoms with Gasteiger partial charge in [0.1, 0.15) is 17.5 Å². The first kappa shape index (κ1) is 31.3. The normalized spacial score (nSPS) is 18.0. The molecular formula is C27H31F6N5O4. The Bertz CT molecular complexity index is 1360. The highest BCUT2D eigenvalue weighted by atomic mass is 19.4. The Balaban J connectivity index is 1.68. The molecule has 2 amide bonds. The number of hydrogen-bond acceptors (Lipinski definition) is 6. The van der Waals surface area contributed by atoms with E-state index >= 15 is 0 Å². The molecule has 0 bridgehead atoms. The molecule has 2 aliphatic heterocycles. The van der Waals surface area contributed by atoms with Crippen LogP contribution in [0, 0.1) is 17.5 Å². The highest BCUT2D eigenvalue weighted by Gasteiger charge is 2.44. The molecule has 3 heterocycles. The first-order valence-electron chi connectivity index (χ1n) is 13.4. The lowest BCUT2D eigenvalue weighted by Crippen LogP contribution is -2.45. The fourth-order valence-corrected chi connectivity index (χ4v) is 5.10. The van der Waals surface area contributed by atoms with Crippen LogP contribution in [-0.2, 0) is 28.7 Å². The Kier molecular flexibility index (Phi) is 8.90. The SMILES string of the molecule is CC(C)(C)OC(=O)NC(CC(=O)C1CNCc2c(C(F)(F)F)nc(C(=O)N3CCCC3)n21)Cc1cc(F)c(F)cc1F. The number of alkyl carbamates (subject to hydrolysis) is 1. The van der Waals surface area contributed by atoms with E-state index in [0.717, 1.165) is 4.57 Å². The third-order valence-corrected chi connectivity index (χ3v) is 6.90. The van der Waals surface area contributed by atoms with Crippen LogP contribution in [0.1, 0.15) is 73.6 Å². The van der Waals surface area contributed by atoms with Gasteiger partial charge in [-0.3, -0.25) is 9.59 Å². The summed E-state index contributed by atoms with van der Waals surface area (Å²) in [6.45, 7) is 4.94. The predicted molar refractivity (Wildman–Crippen MR) is 136 cm³/mol. The van der Waals surface area contributed by atoms with Crippen molar-refractivity contribution in [2.24, 2.45) is 0 Å². The van der Waals surface area contributed by atoms with E-state index in [0.29, 0.717) is 38.1 Å². The van der Waals surface area contributed by atoms with Crippen molar-refractivity contribution in [1.29, 1.82) is 0 Å². The predicted octanol–water partition coefficient (Wildman–Crippen LogP) is 4.29. The average Bonchev–Trinajstić information content (AvgIpc) is 3.54. The third-order valence-electron chi connectivity index (χ3n) is 6.90.